The maximum absolute atomic E-state index is 11.0. The average Bonchev–Trinajstić information content (AvgIpc) is 3.02. The van der Waals surface area contributed by atoms with Crippen LogP contribution >= 0.6 is 0 Å². The van der Waals surface area contributed by atoms with Crippen molar-refractivity contribution >= 4 is 11.8 Å². The van der Waals surface area contributed by atoms with Crippen molar-refractivity contribution in [2.45, 2.75) is 32.7 Å². The zero-order chi connectivity index (χ0) is 14.1. The van der Waals surface area contributed by atoms with Gasteiger partial charge in [0.05, 0.1) is 6.54 Å². The molecule has 2 aromatic heterocycles. The number of hydrogen-bond donors (Lipinski definition) is 2. The molecular formula is C14H15N3O3. The summed E-state index contributed by atoms with van der Waals surface area (Å²) in [5.41, 5.74) is 2.47. The van der Waals surface area contributed by atoms with Gasteiger partial charge in [-0.3, -0.25) is 0 Å². The van der Waals surface area contributed by atoms with Crippen molar-refractivity contribution in [2.75, 3.05) is 5.32 Å². The van der Waals surface area contributed by atoms with Crippen molar-refractivity contribution in [2.24, 2.45) is 0 Å². The van der Waals surface area contributed by atoms with Crippen LogP contribution in [0.1, 0.15) is 39.6 Å². The summed E-state index contributed by atoms with van der Waals surface area (Å²) < 4.78 is 5.43. The standard InChI is InChI=1S/C14H15N3O3/c1-8-11(14(18)19)5-9(20-8)6-15-13-10-3-2-4-12(10)16-7-17-13/h5,7H,2-4,6H2,1H3,(H,18,19)(H,15,16,17). The second-order valence-corrected chi connectivity index (χ2v) is 4.84. The molecule has 104 valence electrons. The lowest BCUT2D eigenvalue weighted by molar-refractivity contribution is 0.0695. The van der Waals surface area contributed by atoms with Gasteiger partial charge in [-0.05, 0) is 32.3 Å². The van der Waals surface area contributed by atoms with Crippen molar-refractivity contribution < 1.29 is 14.3 Å². The van der Waals surface area contributed by atoms with Crippen molar-refractivity contribution in [3.05, 3.63) is 40.7 Å². The fourth-order valence-corrected chi connectivity index (χ4v) is 2.53. The number of aromatic nitrogens is 2. The number of fused-ring (bicyclic) bond motifs is 1. The minimum atomic E-state index is -0.972. The molecule has 0 unspecified atom stereocenters. The van der Waals surface area contributed by atoms with Crippen molar-refractivity contribution in [3.8, 4) is 0 Å². The van der Waals surface area contributed by atoms with E-state index in [0.29, 0.717) is 18.1 Å². The summed E-state index contributed by atoms with van der Waals surface area (Å²) in [4.78, 5) is 19.5. The molecule has 2 heterocycles. The van der Waals surface area contributed by atoms with Crippen LogP contribution in [-0.2, 0) is 19.4 Å². The van der Waals surface area contributed by atoms with Gasteiger partial charge in [-0.25, -0.2) is 14.8 Å². The van der Waals surface area contributed by atoms with Gasteiger partial charge in [0.1, 0.15) is 29.2 Å². The Labute approximate surface area is 115 Å². The third-order valence-corrected chi connectivity index (χ3v) is 3.50. The van der Waals surface area contributed by atoms with Crippen molar-refractivity contribution in [1.82, 2.24) is 9.97 Å². The molecule has 2 N–H and O–H groups in total. The topological polar surface area (TPSA) is 88.3 Å². The highest BCUT2D eigenvalue weighted by molar-refractivity contribution is 5.88. The fourth-order valence-electron chi connectivity index (χ4n) is 2.53. The number of carboxylic acid groups (broad SMARTS) is 1. The van der Waals surface area contributed by atoms with E-state index in [0.717, 1.165) is 36.3 Å². The lowest BCUT2D eigenvalue weighted by atomic mass is 10.2. The van der Waals surface area contributed by atoms with E-state index < -0.39 is 5.97 Å². The molecule has 2 aromatic rings. The minimum Gasteiger partial charge on any atom is -0.478 e. The molecule has 6 nitrogen and oxygen atoms in total. The van der Waals surface area contributed by atoms with Gasteiger partial charge in [0, 0.05) is 11.3 Å². The smallest absolute Gasteiger partial charge is 0.339 e. The molecule has 0 atom stereocenters. The van der Waals surface area contributed by atoms with Gasteiger partial charge in [0.15, 0.2) is 0 Å². The van der Waals surface area contributed by atoms with E-state index in [1.54, 1.807) is 19.3 Å². The van der Waals surface area contributed by atoms with Gasteiger partial charge in [-0.2, -0.15) is 0 Å². The molecule has 20 heavy (non-hydrogen) atoms. The van der Waals surface area contributed by atoms with Gasteiger partial charge < -0.3 is 14.8 Å². The molecule has 3 rings (SSSR count). The number of aryl methyl sites for hydroxylation is 2. The van der Waals surface area contributed by atoms with Crippen LogP contribution in [0, 0.1) is 6.92 Å². The minimum absolute atomic E-state index is 0.203. The van der Waals surface area contributed by atoms with Crippen LogP contribution in [0.4, 0.5) is 5.82 Å². The molecule has 1 aliphatic carbocycles. The summed E-state index contributed by atoms with van der Waals surface area (Å²) in [5, 5.41) is 12.2. The van der Waals surface area contributed by atoms with E-state index >= 15 is 0 Å². The Balaban J connectivity index is 1.76. The third-order valence-electron chi connectivity index (χ3n) is 3.50. The van der Waals surface area contributed by atoms with Crippen LogP contribution < -0.4 is 5.32 Å². The first-order valence-electron chi connectivity index (χ1n) is 6.54. The normalized spacial score (nSPS) is 13.2. The maximum atomic E-state index is 11.0. The molecule has 0 aliphatic heterocycles. The Kier molecular flexibility index (Phi) is 3.14. The maximum Gasteiger partial charge on any atom is 0.339 e. The van der Waals surface area contributed by atoms with E-state index in [1.807, 2.05) is 0 Å². The molecule has 0 bridgehead atoms. The van der Waals surface area contributed by atoms with E-state index in [-0.39, 0.29) is 5.56 Å². The van der Waals surface area contributed by atoms with Gasteiger partial charge >= 0.3 is 5.97 Å². The Morgan fingerprint density at radius 3 is 3.05 bits per heavy atom. The first-order valence-corrected chi connectivity index (χ1v) is 6.54. The lowest BCUT2D eigenvalue weighted by Crippen LogP contribution is -2.05. The highest BCUT2D eigenvalue weighted by Crippen LogP contribution is 2.25. The SMILES string of the molecule is Cc1oc(CNc2ncnc3c2CCC3)cc1C(=O)O. The van der Waals surface area contributed by atoms with Crippen LogP contribution in [-0.4, -0.2) is 21.0 Å². The predicted octanol–water partition coefficient (Wildman–Crippen LogP) is 2.18. The summed E-state index contributed by atoms with van der Waals surface area (Å²) in [5.74, 6) is 0.853. The largest absolute Gasteiger partial charge is 0.478 e. The first-order chi connectivity index (χ1) is 9.65. The van der Waals surface area contributed by atoms with Crippen LogP contribution in [0.3, 0.4) is 0 Å². The zero-order valence-electron chi connectivity index (χ0n) is 11.1. The fraction of sp³-hybridized carbons (Fsp3) is 0.357. The second kappa shape index (κ2) is 4.96. The summed E-state index contributed by atoms with van der Waals surface area (Å²) in [6, 6.07) is 1.55. The average molecular weight is 273 g/mol. The van der Waals surface area contributed by atoms with Crippen molar-refractivity contribution in [3.63, 3.8) is 0 Å². The number of nitrogens with zero attached hydrogens (tertiary/aromatic N) is 2. The highest BCUT2D eigenvalue weighted by Gasteiger charge is 2.18. The summed E-state index contributed by atoms with van der Waals surface area (Å²) in [7, 11) is 0. The molecule has 0 radical (unpaired) electrons. The van der Waals surface area contributed by atoms with Gasteiger partial charge in [0.2, 0.25) is 0 Å². The molecular weight excluding hydrogens is 258 g/mol. The molecule has 0 fully saturated rings. The monoisotopic (exact) mass is 273 g/mol. The number of aromatic carboxylic acids is 1. The van der Waals surface area contributed by atoms with Crippen LogP contribution in [0.15, 0.2) is 16.8 Å². The summed E-state index contributed by atoms with van der Waals surface area (Å²) in [6.07, 6.45) is 4.64. The van der Waals surface area contributed by atoms with Crippen LogP contribution in [0.5, 0.6) is 0 Å². The van der Waals surface area contributed by atoms with Crippen LogP contribution in [0.25, 0.3) is 0 Å². The van der Waals surface area contributed by atoms with Gasteiger partial charge in [-0.15, -0.1) is 0 Å². The Bertz CT molecular complexity index is 664. The third kappa shape index (κ3) is 2.24. The number of anilines is 1. The second-order valence-electron chi connectivity index (χ2n) is 4.84. The van der Waals surface area contributed by atoms with E-state index in [9.17, 15) is 4.79 Å². The lowest BCUT2D eigenvalue weighted by Gasteiger charge is -2.07. The van der Waals surface area contributed by atoms with E-state index in [1.165, 1.54) is 0 Å². The molecule has 0 amide bonds. The van der Waals surface area contributed by atoms with Gasteiger partial charge in [-0.1, -0.05) is 0 Å². The number of carbonyl (C=O) groups is 1. The van der Waals surface area contributed by atoms with Gasteiger partial charge in [0.25, 0.3) is 0 Å². The van der Waals surface area contributed by atoms with Crippen molar-refractivity contribution in [1.29, 1.82) is 0 Å². The quantitative estimate of drug-likeness (QED) is 0.887. The molecule has 1 aliphatic rings. The Hall–Kier alpha value is -2.37. The Morgan fingerprint density at radius 2 is 2.30 bits per heavy atom. The predicted molar refractivity (Wildman–Crippen MR) is 71.8 cm³/mol. The molecule has 0 spiro atoms. The number of furan rings is 1. The summed E-state index contributed by atoms with van der Waals surface area (Å²) in [6.45, 7) is 2.06. The van der Waals surface area contributed by atoms with E-state index in [2.05, 4.69) is 15.3 Å². The first kappa shape index (κ1) is 12.7. The van der Waals surface area contributed by atoms with Crippen LogP contribution in [0.2, 0.25) is 0 Å². The molecule has 0 saturated heterocycles. The highest BCUT2D eigenvalue weighted by atomic mass is 16.4. The summed E-state index contributed by atoms with van der Waals surface area (Å²) >= 11 is 0. The number of carboxylic acids is 1. The zero-order valence-corrected chi connectivity index (χ0v) is 11.1. The molecule has 6 heteroatoms. The molecule has 0 aromatic carbocycles. The molecule has 0 saturated carbocycles. The number of rotatable bonds is 4. The number of nitrogens with one attached hydrogen (secondary N) is 1. The number of hydrogen-bond acceptors (Lipinski definition) is 5. The Morgan fingerprint density at radius 1 is 1.45 bits per heavy atom. The van der Waals surface area contributed by atoms with E-state index in [4.69, 9.17) is 9.52 Å².